The van der Waals surface area contributed by atoms with Crippen molar-refractivity contribution in [2.75, 3.05) is 0 Å². The maximum atomic E-state index is 11.6. The second-order valence-electron chi connectivity index (χ2n) is 7.75. The van der Waals surface area contributed by atoms with Crippen molar-refractivity contribution >= 4 is 5.78 Å². The lowest BCUT2D eigenvalue weighted by molar-refractivity contribution is -0.122. The fourth-order valence-corrected chi connectivity index (χ4v) is 2.81. The lowest BCUT2D eigenvalue weighted by Crippen LogP contribution is -2.06. The average molecular weight is 336 g/mol. The zero-order chi connectivity index (χ0) is 17.8. The smallest absolute Gasteiger partial charge is 0.135 e. The van der Waals surface area contributed by atoms with Crippen LogP contribution in [0.1, 0.15) is 91.2 Å². The zero-order valence-electron chi connectivity index (χ0n) is 16.3. The number of hydrogen-bond acceptors (Lipinski definition) is 3. The number of Topliss-reactive ketones (excluding diaryl/α,β-unsaturated/α-hetero) is 1. The van der Waals surface area contributed by atoms with E-state index in [0.717, 1.165) is 37.4 Å². The number of carbonyl (C=O) groups is 1. The Morgan fingerprint density at radius 1 is 1.00 bits per heavy atom. The molecule has 0 N–H and O–H groups in total. The van der Waals surface area contributed by atoms with Crippen LogP contribution in [-0.4, -0.2) is 20.8 Å². The number of rotatable bonds is 14. The van der Waals surface area contributed by atoms with E-state index < -0.39 is 0 Å². The Hall–Kier alpha value is -1.19. The monoisotopic (exact) mass is 335 g/mol. The van der Waals surface area contributed by atoms with Crippen molar-refractivity contribution in [2.24, 2.45) is 11.8 Å². The topological polar surface area (TPSA) is 47.8 Å². The molecule has 24 heavy (non-hydrogen) atoms. The van der Waals surface area contributed by atoms with Crippen LogP contribution in [-0.2, 0) is 17.8 Å². The summed E-state index contributed by atoms with van der Waals surface area (Å²) < 4.78 is 1.97. The van der Waals surface area contributed by atoms with Crippen LogP contribution in [0.2, 0.25) is 0 Å². The highest BCUT2D eigenvalue weighted by molar-refractivity contribution is 5.80. The minimum Gasteiger partial charge on any atom is -0.299 e. The van der Waals surface area contributed by atoms with Crippen LogP contribution < -0.4 is 0 Å². The highest BCUT2D eigenvalue weighted by Crippen LogP contribution is 2.11. The lowest BCUT2D eigenvalue weighted by Gasteiger charge is -2.04. The molecule has 1 rings (SSSR count). The van der Waals surface area contributed by atoms with Gasteiger partial charge in [-0.3, -0.25) is 9.48 Å². The van der Waals surface area contributed by atoms with E-state index >= 15 is 0 Å². The Morgan fingerprint density at radius 3 is 2.42 bits per heavy atom. The van der Waals surface area contributed by atoms with Crippen LogP contribution in [0.3, 0.4) is 0 Å². The zero-order valence-corrected chi connectivity index (χ0v) is 16.3. The van der Waals surface area contributed by atoms with Gasteiger partial charge in [0, 0.05) is 25.1 Å². The molecule has 0 saturated carbocycles. The molecular formula is C20H37N3O. The van der Waals surface area contributed by atoms with Crippen LogP contribution in [0.4, 0.5) is 0 Å². The first-order chi connectivity index (χ1) is 11.5. The first-order valence-electron chi connectivity index (χ1n) is 9.90. The minimum atomic E-state index is 0.163. The van der Waals surface area contributed by atoms with Gasteiger partial charge in [0.25, 0.3) is 0 Å². The van der Waals surface area contributed by atoms with Crippen molar-refractivity contribution in [2.45, 2.75) is 98.4 Å². The molecule has 138 valence electrons. The van der Waals surface area contributed by atoms with E-state index in [4.69, 9.17) is 0 Å². The Balaban J connectivity index is 2.06. The van der Waals surface area contributed by atoms with Crippen LogP contribution in [0.15, 0.2) is 6.20 Å². The van der Waals surface area contributed by atoms with E-state index in [-0.39, 0.29) is 5.92 Å². The summed E-state index contributed by atoms with van der Waals surface area (Å²) in [6.07, 6.45) is 13.6. The van der Waals surface area contributed by atoms with Crippen molar-refractivity contribution in [3.63, 3.8) is 0 Å². The molecule has 0 amide bonds. The minimum absolute atomic E-state index is 0.163. The van der Waals surface area contributed by atoms with E-state index in [9.17, 15) is 4.79 Å². The maximum Gasteiger partial charge on any atom is 0.135 e. The molecule has 0 aromatic carbocycles. The molecule has 1 aromatic rings. The summed E-state index contributed by atoms with van der Waals surface area (Å²) in [5.74, 6) is 1.37. The van der Waals surface area contributed by atoms with Gasteiger partial charge in [0.2, 0.25) is 0 Å². The highest BCUT2D eigenvalue weighted by atomic mass is 16.1. The number of hydrogen-bond donors (Lipinski definition) is 0. The summed E-state index contributed by atoms with van der Waals surface area (Å²) in [6.45, 7) is 9.51. The normalized spacial score (nSPS) is 11.6. The summed E-state index contributed by atoms with van der Waals surface area (Å²) in [7, 11) is 0. The van der Waals surface area contributed by atoms with E-state index in [2.05, 4.69) is 30.4 Å². The van der Waals surface area contributed by atoms with Crippen molar-refractivity contribution in [3.8, 4) is 0 Å². The van der Waals surface area contributed by atoms with Gasteiger partial charge in [-0.2, -0.15) is 0 Å². The van der Waals surface area contributed by atoms with Crippen molar-refractivity contribution < 1.29 is 4.79 Å². The van der Waals surface area contributed by atoms with Crippen LogP contribution >= 0.6 is 0 Å². The van der Waals surface area contributed by atoms with Gasteiger partial charge in [-0.25, -0.2) is 0 Å². The van der Waals surface area contributed by atoms with Crippen molar-refractivity contribution in [1.82, 2.24) is 15.0 Å². The number of aryl methyl sites for hydroxylation is 2. The molecule has 0 radical (unpaired) electrons. The molecule has 0 bridgehead atoms. The predicted octanol–water partition coefficient (Wildman–Crippen LogP) is 5.21. The van der Waals surface area contributed by atoms with Crippen LogP contribution in [0.5, 0.6) is 0 Å². The average Bonchev–Trinajstić information content (AvgIpc) is 2.97. The Morgan fingerprint density at radius 2 is 1.71 bits per heavy atom. The third kappa shape index (κ3) is 9.84. The summed E-state index contributed by atoms with van der Waals surface area (Å²) in [5, 5.41) is 8.46. The van der Waals surface area contributed by atoms with E-state index in [0.29, 0.717) is 12.2 Å². The molecule has 1 aromatic heterocycles. The van der Waals surface area contributed by atoms with E-state index in [1.807, 2.05) is 18.5 Å². The van der Waals surface area contributed by atoms with Crippen molar-refractivity contribution in [3.05, 3.63) is 11.9 Å². The second-order valence-corrected chi connectivity index (χ2v) is 7.75. The molecule has 0 atom stereocenters. The summed E-state index contributed by atoms with van der Waals surface area (Å²) in [6, 6.07) is 0. The molecule has 0 saturated heterocycles. The van der Waals surface area contributed by atoms with Gasteiger partial charge < -0.3 is 0 Å². The lowest BCUT2D eigenvalue weighted by atomic mass is 10.0. The Kier molecular flexibility index (Phi) is 10.6. The molecule has 0 aliphatic carbocycles. The third-order valence-corrected chi connectivity index (χ3v) is 4.50. The third-order valence-electron chi connectivity index (χ3n) is 4.50. The number of unbranched alkanes of at least 4 members (excludes halogenated alkanes) is 5. The molecule has 0 unspecified atom stereocenters. The molecule has 1 heterocycles. The van der Waals surface area contributed by atoms with Gasteiger partial charge >= 0.3 is 0 Å². The number of carbonyl (C=O) groups excluding carboxylic acids is 1. The highest BCUT2D eigenvalue weighted by Gasteiger charge is 2.07. The van der Waals surface area contributed by atoms with Gasteiger partial charge in [-0.1, -0.05) is 65.0 Å². The Labute approximate surface area is 148 Å². The fraction of sp³-hybridized carbons (Fsp3) is 0.850. The molecule has 0 spiro atoms. The molecular weight excluding hydrogens is 298 g/mol. The molecule has 0 aliphatic rings. The van der Waals surface area contributed by atoms with E-state index in [1.54, 1.807) is 0 Å². The first-order valence-corrected chi connectivity index (χ1v) is 9.90. The van der Waals surface area contributed by atoms with Gasteiger partial charge in [0.15, 0.2) is 0 Å². The predicted molar refractivity (Wildman–Crippen MR) is 100.0 cm³/mol. The molecule has 0 fully saturated rings. The second kappa shape index (κ2) is 12.2. The molecule has 4 heteroatoms. The fourth-order valence-electron chi connectivity index (χ4n) is 2.81. The first kappa shape index (κ1) is 20.9. The molecule has 4 nitrogen and oxygen atoms in total. The largest absolute Gasteiger partial charge is 0.299 e. The quantitative estimate of drug-likeness (QED) is 0.438. The van der Waals surface area contributed by atoms with Gasteiger partial charge in [0.1, 0.15) is 5.78 Å². The van der Waals surface area contributed by atoms with Gasteiger partial charge in [-0.05, 0) is 31.6 Å². The number of ketones is 1. The number of aromatic nitrogens is 3. The summed E-state index contributed by atoms with van der Waals surface area (Å²) in [4.78, 5) is 11.6. The standard InChI is InChI=1S/C20H37N3O/c1-17(2)12-8-6-5-7-11-15-23-16-19(21-22-23)13-9-10-14-20(24)18(3)4/h16-18H,5-15H2,1-4H3. The SMILES string of the molecule is CC(C)CCCCCCCn1cc(CCCCC(=O)C(C)C)nn1. The van der Waals surface area contributed by atoms with Crippen molar-refractivity contribution in [1.29, 1.82) is 0 Å². The molecule has 0 aliphatic heterocycles. The van der Waals surface area contributed by atoms with Gasteiger partial charge in [0.05, 0.1) is 5.69 Å². The van der Waals surface area contributed by atoms with Gasteiger partial charge in [-0.15, -0.1) is 5.10 Å². The maximum absolute atomic E-state index is 11.6. The Bertz CT molecular complexity index is 451. The van der Waals surface area contributed by atoms with Crippen LogP contribution in [0, 0.1) is 11.8 Å². The summed E-state index contributed by atoms with van der Waals surface area (Å²) >= 11 is 0. The summed E-state index contributed by atoms with van der Waals surface area (Å²) in [5.41, 5.74) is 1.06. The van der Waals surface area contributed by atoms with E-state index in [1.165, 1.54) is 38.5 Å². The van der Waals surface area contributed by atoms with Crippen LogP contribution in [0.25, 0.3) is 0 Å². The number of nitrogens with zero attached hydrogens (tertiary/aromatic N) is 3.